The van der Waals surface area contributed by atoms with Crippen LogP contribution >= 0.6 is 11.6 Å². The van der Waals surface area contributed by atoms with E-state index in [-0.39, 0.29) is 5.38 Å². The Bertz CT molecular complexity index is 390. The minimum atomic E-state index is 0.235. The van der Waals surface area contributed by atoms with Gasteiger partial charge in [0.05, 0.1) is 7.11 Å². The van der Waals surface area contributed by atoms with E-state index in [9.17, 15) is 0 Å². The summed E-state index contributed by atoms with van der Waals surface area (Å²) in [7, 11) is 1.71. The molecule has 1 heterocycles. The Kier molecular flexibility index (Phi) is 5.94. The highest BCUT2D eigenvalue weighted by Gasteiger charge is 2.12. The molecule has 0 bridgehead atoms. The summed E-state index contributed by atoms with van der Waals surface area (Å²) < 4.78 is 5.41. The molecule has 1 atom stereocenters. The number of nitrogens with zero attached hydrogens (tertiary/aromatic N) is 1. The molecule has 0 saturated carbocycles. The highest BCUT2D eigenvalue weighted by atomic mass is 35.5. The number of ether oxygens (including phenoxy) is 1. The summed E-state index contributed by atoms with van der Waals surface area (Å²) in [5.74, 6) is 1.60. The summed E-state index contributed by atoms with van der Waals surface area (Å²) in [5.41, 5.74) is 3.33. The van der Waals surface area contributed by atoms with Gasteiger partial charge in [-0.25, -0.2) is 0 Å². The van der Waals surface area contributed by atoms with Crippen LogP contribution in [0, 0.1) is 19.8 Å². The first kappa shape index (κ1) is 15.3. The van der Waals surface area contributed by atoms with Gasteiger partial charge in [0.1, 0.15) is 5.75 Å². The number of hydrogen-bond acceptors (Lipinski definition) is 2. The van der Waals surface area contributed by atoms with Gasteiger partial charge >= 0.3 is 0 Å². The number of alkyl halides is 1. The van der Waals surface area contributed by atoms with E-state index in [1.807, 2.05) is 13.1 Å². The van der Waals surface area contributed by atoms with Crippen LogP contribution in [0.1, 0.15) is 43.5 Å². The number of rotatable bonds is 6. The first-order valence-electron chi connectivity index (χ1n) is 6.58. The van der Waals surface area contributed by atoms with Gasteiger partial charge in [-0.05, 0) is 39.0 Å². The van der Waals surface area contributed by atoms with Crippen LogP contribution in [-0.4, -0.2) is 17.5 Å². The number of halogens is 1. The van der Waals surface area contributed by atoms with Crippen LogP contribution in [0.25, 0.3) is 0 Å². The van der Waals surface area contributed by atoms with Gasteiger partial charge in [0.2, 0.25) is 0 Å². The van der Waals surface area contributed by atoms with Gasteiger partial charge in [-0.2, -0.15) is 0 Å². The highest BCUT2D eigenvalue weighted by molar-refractivity contribution is 6.20. The summed E-state index contributed by atoms with van der Waals surface area (Å²) >= 11 is 6.32. The minimum absolute atomic E-state index is 0.235. The smallest absolute Gasteiger partial charge is 0.128 e. The van der Waals surface area contributed by atoms with Crippen LogP contribution in [0.5, 0.6) is 5.75 Å². The van der Waals surface area contributed by atoms with Gasteiger partial charge in [0.25, 0.3) is 0 Å². The second-order valence-electron chi connectivity index (χ2n) is 5.31. The fourth-order valence-electron chi connectivity index (χ4n) is 2.25. The van der Waals surface area contributed by atoms with Gasteiger partial charge < -0.3 is 4.74 Å². The molecule has 0 radical (unpaired) electrons. The van der Waals surface area contributed by atoms with Gasteiger partial charge in [0.15, 0.2) is 0 Å². The SMILES string of the molecule is COc1c(C)cnc(CCC(Cl)CC(C)C)c1C. The lowest BCUT2D eigenvalue weighted by atomic mass is 10.0. The molecule has 0 N–H and O–H groups in total. The third kappa shape index (κ3) is 4.16. The molecule has 18 heavy (non-hydrogen) atoms. The Hall–Kier alpha value is -0.760. The molecule has 102 valence electrons. The maximum Gasteiger partial charge on any atom is 0.128 e. The van der Waals surface area contributed by atoms with Gasteiger partial charge in [-0.1, -0.05) is 13.8 Å². The number of aromatic nitrogens is 1. The van der Waals surface area contributed by atoms with Gasteiger partial charge in [0, 0.05) is 28.4 Å². The Morgan fingerprint density at radius 2 is 2.00 bits per heavy atom. The van der Waals surface area contributed by atoms with Crippen LogP contribution < -0.4 is 4.74 Å². The van der Waals surface area contributed by atoms with E-state index < -0.39 is 0 Å². The quantitative estimate of drug-likeness (QED) is 0.719. The number of hydrogen-bond donors (Lipinski definition) is 0. The number of methoxy groups -OCH3 is 1. The molecule has 3 heteroatoms. The molecule has 2 nitrogen and oxygen atoms in total. The van der Waals surface area contributed by atoms with Crippen LogP contribution in [-0.2, 0) is 6.42 Å². The van der Waals surface area contributed by atoms with E-state index in [0.717, 1.165) is 41.8 Å². The molecular formula is C15H24ClNO. The van der Waals surface area contributed by atoms with E-state index in [1.165, 1.54) is 0 Å². The summed E-state index contributed by atoms with van der Waals surface area (Å²) in [6, 6.07) is 0. The molecule has 1 aromatic heterocycles. The topological polar surface area (TPSA) is 22.1 Å². The van der Waals surface area contributed by atoms with Crippen molar-refractivity contribution in [3.63, 3.8) is 0 Å². The van der Waals surface area contributed by atoms with Crippen molar-refractivity contribution in [2.24, 2.45) is 5.92 Å². The molecule has 1 aromatic rings. The molecule has 0 aromatic carbocycles. The third-order valence-corrected chi connectivity index (χ3v) is 3.57. The second kappa shape index (κ2) is 6.98. The van der Waals surface area contributed by atoms with Crippen molar-refractivity contribution in [3.8, 4) is 5.75 Å². The van der Waals surface area contributed by atoms with E-state index in [0.29, 0.717) is 5.92 Å². The highest BCUT2D eigenvalue weighted by Crippen LogP contribution is 2.25. The second-order valence-corrected chi connectivity index (χ2v) is 5.93. The Morgan fingerprint density at radius 1 is 1.33 bits per heavy atom. The summed E-state index contributed by atoms with van der Waals surface area (Å²) in [6.45, 7) is 8.49. The molecule has 0 fully saturated rings. The van der Waals surface area contributed by atoms with Crippen molar-refractivity contribution >= 4 is 11.6 Å². The summed E-state index contributed by atoms with van der Waals surface area (Å²) in [6.07, 6.45) is 4.83. The van der Waals surface area contributed by atoms with Crippen molar-refractivity contribution in [2.45, 2.75) is 52.3 Å². The zero-order valence-electron chi connectivity index (χ0n) is 12.1. The molecule has 1 unspecified atom stereocenters. The maximum absolute atomic E-state index is 6.32. The molecule has 0 aliphatic carbocycles. The van der Waals surface area contributed by atoms with E-state index >= 15 is 0 Å². The van der Waals surface area contributed by atoms with Crippen LogP contribution in [0.3, 0.4) is 0 Å². The lowest BCUT2D eigenvalue weighted by Gasteiger charge is -2.14. The molecule has 0 saturated heterocycles. The predicted octanol–water partition coefficient (Wildman–Crippen LogP) is 4.29. The monoisotopic (exact) mass is 269 g/mol. The molecule has 0 aliphatic heterocycles. The molecular weight excluding hydrogens is 246 g/mol. The number of pyridine rings is 1. The lowest BCUT2D eigenvalue weighted by molar-refractivity contribution is 0.406. The standard InChI is InChI=1S/C15H24ClNO/c1-10(2)8-13(16)6-7-14-12(4)15(18-5)11(3)9-17-14/h9-10,13H,6-8H2,1-5H3. The number of aryl methyl sites for hydroxylation is 2. The van der Waals surface area contributed by atoms with Crippen molar-refractivity contribution in [2.75, 3.05) is 7.11 Å². The predicted molar refractivity (Wildman–Crippen MR) is 77.7 cm³/mol. The van der Waals surface area contributed by atoms with Crippen LogP contribution in [0.4, 0.5) is 0 Å². The van der Waals surface area contributed by atoms with Crippen molar-refractivity contribution in [1.29, 1.82) is 0 Å². The Balaban J connectivity index is 2.68. The molecule has 0 aliphatic rings. The largest absolute Gasteiger partial charge is 0.496 e. The van der Waals surface area contributed by atoms with Crippen molar-refractivity contribution in [3.05, 3.63) is 23.0 Å². The van der Waals surface area contributed by atoms with Gasteiger partial charge in [-0.3, -0.25) is 4.98 Å². The fraction of sp³-hybridized carbons (Fsp3) is 0.667. The summed E-state index contributed by atoms with van der Waals surface area (Å²) in [4.78, 5) is 4.50. The van der Waals surface area contributed by atoms with Crippen LogP contribution in [0.15, 0.2) is 6.20 Å². The van der Waals surface area contributed by atoms with Crippen LogP contribution in [0.2, 0.25) is 0 Å². The average molecular weight is 270 g/mol. The molecule has 0 amide bonds. The normalized spacial score (nSPS) is 12.8. The zero-order valence-corrected chi connectivity index (χ0v) is 12.8. The average Bonchev–Trinajstić information content (AvgIpc) is 2.27. The minimum Gasteiger partial charge on any atom is -0.496 e. The van der Waals surface area contributed by atoms with Gasteiger partial charge in [-0.15, -0.1) is 11.6 Å². The third-order valence-electron chi connectivity index (χ3n) is 3.17. The molecule has 0 spiro atoms. The Morgan fingerprint density at radius 3 is 2.56 bits per heavy atom. The lowest BCUT2D eigenvalue weighted by Crippen LogP contribution is -2.07. The summed E-state index contributed by atoms with van der Waals surface area (Å²) in [5, 5.41) is 0.235. The first-order valence-corrected chi connectivity index (χ1v) is 7.02. The van der Waals surface area contributed by atoms with E-state index in [2.05, 4.69) is 25.8 Å². The fourth-order valence-corrected chi connectivity index (χ4v) is 2.71. The van der Waals surface area contributed by atoms with E-state index in [4.69, 9.17) is 16.3 Å². The van der Waals surface area contributed by atoms with Crippen molar-refractivity contribution in [1.82, 2.24) is 4.98 Å². The van der Waals surface area contributed by atoms with Crippen molar-refractivity contribution < 1.29 is 4.74 Å². The maximum atomic E-state index is 6.32. The first-order chi connectivity index (χ1) is 8.45. The Labute approximate surface area is 116 Å². The van der Waals surface area contributed by atoms with E-state index in [1.54, 1.807) is 7.11 Å². The molecule has 1 rings (SSSR count). The zero-order chi connectivity index (χ0) is 13.7.